The van der Waals surface area contributed by atoms with E-state index in [0.29, 0.717) is 6.54 Å². The van der Waals surface area contributed by atoms with Gasteiger partial charge < -0.3 is 5.73 Å². The maximum atomic E-state index is 5.70. The van der Waals surface area contributed by atoms with Gasteiger partial charge in [-0.15, -0.1) is 0 Å². The molecule has 2 rings (SSSR count). The van der Waals surface area contributed by atoms with Crippen LogP contribution in [0.4, 0.5) is 0 Å². The summed E-state index contributed by atoms with van der Waals surface area (Å²) in [6, 6.07) is 14.6. The van der Waals surface area contributed by atoms with Crippen molar-refractivity contribution >= 4 is 0 Å². The molecule has 0 fully saturated rings. The van der Waals surface area contributed by atoms with Crippen LogP contribution in [0.5, 0.6) is 0 Å². The molecule has 0 amide bonds. The molecule has 0 saturated carbocycles. The quantitative estimate of drug-likeness (QED) is 0.823. The van der Waals surface area contributed by atoms with E-state index in [4.69, 9.17) is 5.73 Å². The number of hydrogen-bond acceptors (Lipinski definition) is 3. The Bertz CT molecular complexity index is 456. The minimum Gasteiger partial charge on any atom is -0.329 e. The molecule has 0 aliphatic carbocycles. The van der Waals surface area contributed by atoms with Gasteiger partial charge in [0.1, 0.15) is 0 Å². The molecule has 0 aliphatic rings. The van der Waals surface area contributed by atoms with Crippen LogP contribution in [0, 0.1) is 0 Å². The van der Waals surface area contributed by atoms with Gasteiger partial charge >= 0.3 is 0 Å². The Kier molecular flexibility index (Phi) is 5.53. The highest BCUT2D eigenvalue weighted by Gasteiger charge is 2.05. The van der Waals surface area contributed by atoms with Crippen molar-refractivity contribution in [3.05, 3.63) is 66.0 Å². The molecule has 2 N–H and O–H groups in total. The van der Waals surface area contributed by atoms with Crippen LogP contribution >= 0.6 is 0 Å². The summed E-state index contributed by atoms with van der Waals surface area (Å²) in [6.07, 6.45) is 4.76. The van der Waals surface area contributed by atoms with E-state index in [0.717, 1.165) is 26.1 Å². The lowest BCUT2D eigenvalue weighted by Gasteiger charge is -2.21. The second-order valence-electron chi connectivity index (χ2n) is 4.66. The Morgan fingerprint density at radius 2 is 1.74 bits per heavy atom. The lowest BCUT2D eigenvalue weighted by molar-refractivity contribution is 0.276. The predicted octanol–water partition coefficient (Wildman–Crippen LogP) is 2.08. The fraction of sp³-hybridized carbons (Fsp3) is 0.312. The maximum absolute atomic E-state index is 5.70. The van der Waals surface area contributed by atoms with Gasteiger partial charge in [0.25, 0.3) is 0 Å². The third kappa shape index (κ3) is 4.81. The van der Waals surface area contributed by atoms with Gasteiger partial charge in [0.2, 0.25) is 0 Å². The summed E-state index contributed by atoms with van der Waals surface area (Å²) in [5.74, 6) is 0. The molecule has 0 atom stereocenters. The largest absolute Gasteiger partial charge is 0.329 e. The average Bonchev–Trinajstić information content (AvgIpc) is 2.47. The molecular weight excluding hydrogens is 234 g/mol. The van der Waals surface area contributed by atoms with Crippen molar-refractivity contribution in [1.29, 1.82) is 0 Å². The fourth-order valence-corrected chi connectivity index (χ4v) is 2.13. The predicted molar refractivity (Wildman–Crippen MR) is 78.7 cm³/mol. The van der Waals surface area contributed by atoms with Gasteiger partial charge in [0, 0.05) is 38.6 Å². The molecule has 0 radical (unpaired) electrons. The highest BCUT2D eigenvalue weighted by Crippen LogP contribution is 2.06. The molecule has 0 aliphatic heterocycles. The lowest BCUT2D eigenvalue weighted by atomic mass is 10.1. The van der Waals surface area contributed by atoms with Crippen molar-refractivity contribution in [3.63, 3.8) is 0 Å². The Morgan fingerprint density at radius 3 is 2.42 bits per heavy atom. The van der Waals surface area contributed by atoms with Gasteiger partial charge in [-0.1, -0.05) is 36.4 Å². The summed E-state index contributed by atoms with van der Waals surface area (Å²) >= 11 is 0. The normalized spacial score (nSPS) is 10.8. The van der Waals surface area contributed by atoms with Crippen LogP contribution in [-0.4, -0.2) is 29.5 Å². The Labute approximate surface area is 115 Å². The van der Waals surface area contributed by atoms with E-state index < -0.39 is 0 Å². The molecule has 1 aromatic heterocycles. The standard InChI is InChI=1S/C16H21N3/c17-9-12-19(14-16-5-2-1-3-6-16)11-8-15-7-4-10-18-13-15/h1-7,10,13H,8-9,11-12,14,17H2. The van der Waals surface area contributed by atoms with E-state index in [1.165, 1.54) is 11.1 Å². The molecule has 0 unspecified atom stereocenters. The Morgan fingerprint density at radius 1 is 0.947 bits per heavy atom. The second-order valence-corrected chi connectivity index (χ2v) is 4.66. The van der Waals surface area contributed by atoms with Crippen LogP contribution in [0.15, 0.2) is 54.9 Å². The summed E-state index contributed by atoms with van der Waals surface area (Å²) in [5, 5.41) is 0. The first kappa shape index (κ1) is 13.7. The van der Waals surface area contributed by atoms with Crippen LogP contribution in [0.3, 0.4) is 0 Å². The van der Waals surface area contributed by atoms with Crippen molar-refractivity contribution in [1.82, 2.24) is 9.88 Å². The number of aromatic nitrogens is 1. The zero-order valence-corrected chi connectivity index (χ0v) is 11.2. The third-order valence-corrected chi connectivity index (χ3v) is 3.13. The van der Waals surface area contributed by atoms with Crippen molar-refractivity contribution < 1.29 is 0 Å². The number of nitrogens with two attached hydrogens (primary N) is 1. The highest BCUT2D eigenvalue weighted by molar-refractivity contribution is 5.14. The third-order valence-electron chi connectivity index (χ3n) is 3.13. The highest BCUT2D eigenvalue weighted by atomic mass is 15.1. The molecule has 3 nitrogen and oxygen atoms in total. The molecule has 0 bridgehead atoms. The van der Waals surface area contributed by atoms with Gasteiger partial charge in [-0.05, 0) is 23.6 Å². The molecule has 2 aromatic rings. The molecule has 0 saturated heterocycles. The number of nitrogens with zero attached hydrogens (tertiary/aromatic N) is 2. The molecule has 1 heterocycles. The smallest absolute Gasteiger partial charge is 0.0300 e. The SMILES string of the molecule is NCCN(CCc1cccnc1)Cc1ccccc1. The van der Waals surface area contributed by atoms with Crippen LogP contribution in [-0.2, 0) is 13.0 Å². The van der Waals surface area contributed by atoms with Crippen molar-refractivity contribution in [3.8, 4) is 0 Å². The first-order valence-corrected chi connectivity index (χ1v) is 6.74. The van der Waals surface area contributed by atoms with E-state index in [-0.39, 0.29) is 0 Å². The minimum atomic E-state index is 0.694. The van der Waals surface area contributed by atoms with Crippen molar-refractivity contribution in [2.75, 3.05) is 19.6 Å². The summed E-state index contributed by atoms with van der Waals surface area (Å²) in [7, 11) is 0. The van der Waals surface area contributed by atoms with Gasteiger partial charge in [0.05, 0.1) is 0 Å². The van der Waals surface area contributed by atoms with Gasteiger partial charge in [-0.3, -0.25) is 9.88 Å². The van der Waals surface area contributed by atoms with E-state index in [2.05, 4.69) is 40.2 Å². The van der Waals surface area contributed by atoms with Crippen molar-refractivity contribution in [2.24, 2.45) is 5.73 Å². The summed E-state index contributed by atoms with van der Waals surface area (Å²) in [5.41, 5.74) is 8.31. The zero-order chi connectivity index (χ0) is 13.3. The second kappa shape index (κ2) is 7.67. The summed E-state index contributed by atoms with van der Waals surface area (Å²) < 4.78 is 0. The first-order chi connectivity index (χ1) is 9.38. The molecule has 1 aromatic carbocycles. The average molecular weight is 255 g/mol. The van der Waals surface area contributed by atoms with Crippen LogP contribution in [0.25, 0.3) is 0 Å². The first-order valence-electron chi connectivity index (χ1n) is 6.74. The molecule has 0 spiro atoms. The minimum absolute atomic E-state index is 0.694. The van der Waals surface area contributed by atoms with Gasteiger partial charge in [0.15, 0.2) is 0 Å². The topological polar surface area (TPSA) is 42.1 Å². The van der Waals surface area contributed by atoms with Crippen LogP contribution in [0.1, 0.15) is 11.1 Å². The maximum Gasteiger partial charge on any atom is 0.0300 e. The van der Waals surface area contributed by atoms with Crippen molar-refractivity contribution in [2.45, 2.75) is 13.0 Å². The molecular formula is C16H21N3. The van der Waals surface area contributed by atoms with Gasteiger partial charge in [-0.2, -0.15) is 0 Å². The fourth-order valence-electron chi connectivity index (χ4n) is 2.13. The monoisotopic (exact) mass is 255 g/mol. The Hall–Kier alpha value is -1.71. The number of pyridine rings is 1. The molecule has 19 heavy (non-hydrogen) atoms. The number of benzene rings is 1. The molecule has 100 valence electrons. The van der Waals surface area contributed by atoms with Gasteiger partial charge in [-0.25, -0.2) is 0 Å². The van der Waals surface area contributed by atoms with E-state index in [1.807, 2.05) is 24.5 Å². The van der Waals surface area contributed by atoms with Crippen LogP contribution < -0.4 is 5.73 Å². The van der Waals surface area contributed by atoms with Crippen LogP contribution in [0.2, 0.25) is 0 Å². The summed E-state index contributed by atoms with van der Waals surface area (Å²) in [4.78, 5) is 6.54. The molecule has 3 heteroatoms. The number of rotatable bonds is 7. The zero-order valence-electron chi connectivity index (χ0n) is 11.2. The summed E-state index contributed by atoms with van der Waals surface area (Å²) in [6.45, 7) is 3.59. The van der Waals surface area contributed by atoms with E-state index in [9.17, 15) is 0 Å². The Balaban J connectivity index is 1.89. The van der Waals surface area contributed by atoms with E-state index >= 15 is 0 Å². The lowest BCUT2D eigenvalue weighted by Crippen LogP contribution is -2.31. The van der Waals surface area contributed by atoms with E-state index in [1.54, 1.807) is 0 Å². The number of hydrogen-bond donors (Lipinski definition) is 1.